The Morgan fingerprint density at radius 3 is 1.82 bits per heavy atom. The number of nitrogens with two attached hydrogens (primary N) is 1. The van der Waals surface area contributed by atoms with E-state index in [-0.39, 0.29) is 15.9 Å². The summed E-state index contributed by atoms with van der Waals surface area (Å²) < 4.78 is 12.7. The van der Waals surface area contributed by atoms with Gasteiger partial charge in [-0.05, 0) is 67.2 Å². The molecule has 0 bridgehead atoms. The van der Waals surface area contributed by atoms with E-state index in [0.717, 1.165) is 38.1 Å². The Bertz CT molecular complexity index is 361. The van der Waals surface area contributed by atoms with E-state index < -0.39 is 10.3 Å². The largest absolute Gasteiger partial charge is 0.377 e. The van der Waals surface area contributed by atoms with E-state index in [1.807, 2.05) is 34.8 Å². The molecule has 0 heterocycles. The molecule has 0 radical (unpaired) electrons. The summed E-state index contributed by atoms with van der Waals surface area (Å²) in [5, 5.41) is 3.40. The van der Waals surface area contributed by atoms with Gasteiger partial charge in [0.25, 0.3) is 0 Å². The summed E-state index contributed by atoms with van der Waals surface area (Å²) in [5.74, 6) is 1.07. The van der Waals surface area contributed by atoms with Crippen LogP contribution in [-0.2, 0) is 8.92 Å². The normalized spacial score (nSPS) is 15.5. The van der Waals surface area contributed by atoms with Crippen molar-refractivity contribution in [3.63, 3.8) is 0 Å². The predicted octanol–water partition coefficient (Wildman–Crippen LogP) is 6.13. The van der Waals surface area contributed by atoms with Crippen LogP contribution in [0.1, 0.15) is 95.4 Å². The van der Waals surface area contributed by atoms with Crippen LogP contribution in [0.4, 0.5) is 0 Å². The predicted molar refractivity (Wildman–Crippen MR) is 133 cm³/mol. The third kappa shape index (κ3) is 10.8. The molecule has 0 aliphatic rings. The fraction of sp³-hybridized carbons (Fsp3) is 1.00. The highest BCUT2D eigenvalue weighted by atomic mass is 32.3. The smallest absolute Gasteiger partial charge is 0.0768 e. The molecule has 0 saturated heterocycles. The summed E-state index contributed by atoms with van der Waals surface area (Å²) in [6.45, 7) is 26.2. The molecule has 28 heavy (non-hydrogen) atoms. The lowest BCUT2D eigenvalue weighted by atomic mass is 9.93. The number of rotatable bonds is 13. The molecule has 3 N–H and O–H groups in total. The molecule has 0 aromatic heterocycles. The van der Waals surface area contributed by atoms with Gasteiger partial charge in [-0.1, -0.05) is 41.0 Å². The first-order valence-electron chi connectivity index (χ1n) is 11.3. The molecular weight excluding hydrogens is 368 g/mol. The molecule has 5 heteroatoms. The molecule has 0 aromatic carbocycles. The highest BCUT2D eigenvalue weighted by Gasteiger charge is 2.50. The minimum Gasteiger partial charge on any atom is -0.377 e. The second-order valence-corrected chi connectivity index (χ2v) is 12.0. The van der Waals surface area contributed by atoms with Crippen molar-refractivity contribution in [3.8, 4) is 0 Å². The summed E-state index contributed by atoms with van der Waals surface area (Å²) in [6, 6.07) is 0. The van der Waals surface area contributed by atoms with E-state index in [1.165, 1.54) is 0 Å². The zero-order valence-corrected chi connectivity index (χ0v) is 22.6. The Hall–Kier alpha value is 0.190. The fourth-order valence-corrected chi connectivity index (χ4v) is 6.71. The number of hydrogen-bond acceptors (Lipinski definition) is 4. The molecular formula is C23H56N2O2S. The van der Waals surface area contributed by atoms with E-state index in [2.05, 4.69) is 60.0 Å². The summed E-state index contributed by atoms with van der Waals surface area (Å²) in [6.07, 6.45) is 5.64. The molecule has 0 amide bonds. The Kier molecular flexibility index (Phi) is 18.7. The van der Waals surface area contributed by atoms with E-state index >= 15 is 0 Å². The molecule has 4 nitrogen and oxygen atoms in total. The first kappa shape index (κ1) is 32.8. The van der Waals surface area contributed by atoms with E-state index in [9.17, 15) is 0 Å². The highest BCUT2D eigenvalue weighted by molar-refractivity contribution is 8.30. The molecule has 0 aromatic rings. The van der Waals surface area contributed by atoms with Gasteiger partial charge in [0.2, 0.25) is 0 Å². The van der Waals surface area contributed by atoms with Gasteiger partial charge in [0.15, 0.2) is 0 Å². The maximum atomic E-state index is 6.88. The highest BCUT2D eigenvalue weighted by Crippen LogP contribution is 2.64. The summed E-state index contributed by atoms with van der Waals surface area (Å²) in [5.41, 5.74) is 5.21. The van der Waals surface area contributed by atoms with Gasteiger partial charge in [-0.2, -0.15) is 0 Å². The van der Waals surface area contributed by atoms with Crippen molar-refractivity contribution in [2.45, 2.75) is 111 Å². The lowest BCUT2D eigenvalue weighted by Crippen LogP contribution is -2.52. The minimum atomic E-state index is -1.35. The third-order valence-corrected chi connectivity index (χ3v) is 10.0. The van der Waals surface area contributed by atoms with Crippen molar-refractivity contribution in [2.75, 3.05) is 38.8 Å². The summed E-state index contributed by atoms with van der Waals surface area (Å²) >= 11 is 0. The van der Waals surface area contributed by atoms with Crippen LogP contribution in [0, 0.1) is 0 Å². The van der Waals surface area contributed by atoms with Gasteiger partial charge in [0, 0.05) is 30.7 Å². The molecule has 0 rings (SSSR count). The Balaban J connectivity index is -0.00000146. The number of methoxy groups -OCH3 is 1. The standard InChI is InChI=1S/C19H44N2O2S.2C2H6/c1-10-12-17(2,3)23-24(9,16-11-14-21-15-13-20)19(6,7)18(4,5)22-8;2*1-2/h21H,10-16,20H2,1-9H3;2*1-2H3. The van der Waals surface area contributed by atoms with Crippen LogP contribution in [-0.4, -0.2) is 54.7 Å². The second kappa shape index (κ2) is 16.0. The average molecular weight is 425 g/mol. The van der Waals surface area contributed by atoms with Crippen LogP contribution in [0.15, 0.2) is 0 Å². The van der Waals surface area contributed by atoms with Gasteiger partial charge >= 0.3 is 0 Å². The van der Waals surface area contributed by atoms with Gasteiger partial charge in [-0.25, -0.2) is 0 Å². The Morgan fingerprint density at radius 1 is 0.929 bits per heavy atom. The zero-order valence-electron chi connectivity index (χ0n) is 21.8. The monoisotopic (exact) mass is 424 g/mol. The fourth-order valence-electron chi connectivity index (χ4n) is 3.01. The van der Waals surface area contributed by atoms with Crippen molar-refractivity contribution in [1.29, 1.82) is 0 Å². The summed E-state index contributed by atoms with van der Waals surface area (Å²) in [7, 11) is 0.457. The lowest BCUT2D eigenvalue weighted by Gasteiger charge is -2.58. The average Bonchev–Trinajstić information content (AvgIpc) is 2.64. The Morgan fingerprint density at radius 2 is 1.43 bits per heavy atom. The van der Waals surface area contributed by atoms with Crippen LogP contribution in [0.2, 0.25) is 0 Å². The molecule has 1 unspecified atom stereocenters. The van der Waals surface area contributed by atoms with Crippen LogP contribution in [0.3, 0.4) is 0 Å². The van der Waals surface area contributed by atoms with Crippen LogP contribution < -0.4 is 11.1 Å². The SMILES string of the molecule is CC.CC.CCCC(C)(C)OS(C)(CCCNCCN)C(C)(C)C(C)(C)OC. The van der Waals surface area contributed by atoms with Crippen molar-refractivity contribution in [3.05, 3.63) is 0 Å². The first-order valence-corrected chi connectivity index (χ1v) is 13.4. The van der Waals surface area contributed by atoms with E-state index in [1.54, 1.807) is 0 Å². The second-order valence-electron chi connectivity index (χ2n) is 8.42. The molecule has 0 fully saturated rings. The van der Waals surface area contributed by atoms with Gasteiger partial charge in [0.05, 0.1) is 11.2 Å². The molecule has 1 atom stereocenters. The van der Waals surface area contributed by atoms with E-state index in [0.29, 0.717) is 6.54 Å². The van der Waals surface area contributed by atoms with Gasteiger partial charge < -0.3 is 20.0 Å². The number of hydrogen-bond donors (Lipinski definition) is 2. The molecule has 0 spiro atoms. The lowest BCUT2D eigenvalue weighted by molar-refractivity contribution is -0.00926. The molecule has 0 aliphatic heterocycles. The van der Waals surface area contributed by atoms with Crippen molar-refractivity contribution < 1.29 is 8.92 Å². The molecule has 176 valence electrons. The Labute approximate surface area is 180 Å². The number of nitrogens with one attached hydrogen (secondary N) is 1. The third-order valence-electron chi connectivity index (χ3n) is 5.51. The topological polar surface area (TPSA) is 56.5 Å². The quantitative estimate of drug-likeness (QED) is 0.349. The van der Waals surface area contributed by atoms with Crippen molar-refractivity contribution >= 4 is 10.3 Å². The minimum absolute atomic E-state index is 0.0619. The summed E-state index contributed by atoms with van der Waals surface area (Å²) in [4.78, 5) is 0. The van der Waals surface area contributed by atoms with Gasteiger partial charge in [-0.15, -0.1) is 10.3 Å². The molecule has 0 aliphatic carbocycles. The maximum absolute atomic E-state index is 6.88. The van der Waals surface area contributed by atoms with Crippen molar-refractivity contribution in [2.24, 2.45) is 5.73 Å². The van der Waals surface area contributed by atoms with Gasteiger partial charge in [-0.3, -0.25) is 0 Å². The van der Waals surface area contributed by atoms with Crippen LogP contribution in [0.5, 0.6) is 0 Å². The molecule has 0 saturated carbocycles. The van der Waals surface area contributed by atoms with Crippen LogP contribution in [0.25, 0.3) is 0 Å². The van der Waals surface area contributed by atoms with Gasteiger partial charge in [0.1, 0.15) is 0 Å². The maximum Gasteiger partial charge on any atom is 0.0768 e. The first-order chi connectivity index (χ1) is 12.9. The number of ether oxygens (including phenoxy) is 1. The van der Waals surface area contributed by atoms with E-state index in [4.69, 9.17) is 14.7 Å². The zero-order chi connectivity index (χ0) is 23.1. The van der Waals surface area contributed by atoms with Crippen LogP contribution >= 0.6 is 10.3 Å². The van der Waals surface area contributed by atoms with Crippen molar-refractivity contribution in [1.82, 2.24) is 5.32 Å².